The second-order valence-corrected chi connectivity index (χ2v) is 3.29. The van der Waals surface area contributed by atoms with E-state index in [2.05, 4.69) is 0 Å². The van der Waals surface area contributed by atoms with Gasteiger partial charge < -0.3 is 5.32 Å². The van der Waals surface area contributed by atoms with Crippen LogP contribution in [0.25, 0.3) is 0 Å². The summed E-state index contributed by atoms with van der Waals surface area (Å²) in [5.41, 5.74) is 0.825. The van der Waals surface area contributed by atoms with E-state index in [0.29, 0.717) is 0 Å². The molecule has 98 valence electrons. The predicted molar refractivity (Wildman–Crippen MR) is 53.7 cm³/mol. The smallest absolute Gasteiger partial charge is 0.333 e. The Morgan fingerprint density at radius 3 is 2.17 bits per heavy atom. The van der Waals surface area contributed by atoms with E-state index in [0.717, 1.165) is 5.48 Å². The highest BCUT2D eigenvalue weighted by atomic mass is 19.4. The van der Waals surface area contributed by atoms with Crippen molar-refractivity contribution >= 4 is 11.8 Å². The molecule has 2 amide bonds. The molecular formula is C10H9F3N2O3. The largest absolute Gasteiger partial charge is 0.417 e. The lowest BCUT2D eigenvalue weighted by molar-refractivity contribution is -0.172. The van der Waals surface area contributed by atoms with Crippen LogP contribution in [0.1, 0.15) is 10.4 Å². The Labute approximate surface area is 99.6 Å². The van der Waals surface area contributed by atoms with Gasteiger partial charge in [-0.25, -0.2) is 5.48 Å². The fourth-order valence-electron chi connectivity index (χ4n) is 1.16. The molecule has 1 unspecified atom stereocenters. The predicted octanol–water partition coefficient (Wildman–Crippen LogP) is 0.853. The van der Waals surface area contributed by atoms with Crippen molar-refractivity contribution in [3.63, 3.8) is 0 Å². The summed E-state index contributed by atoms with van der Waals surface area (Å²) in [4.78, 5) is 22.3. The zero-order valence-electron chi connectivity index (χ0n) is 8.86. The Hall–Kier alpha value is -2.09. The lowest BCUT2D eigenvalue weighted by atomic mass is 10.2. The van der Waals surface area contributed by atoms with Gasteiger partial charge in [0.2, 0.25) is 6.04 Å². The fraction of sp³-hybridized carbons (Fsp3) is 0.200. The molecule has 18 heavy (non-hydrogen) atoms. The Balaban J connectivity index is 2.86. The Bertz CT molecular complexity index is 434. The summed E-state index contributed by atoms with van der Waals surface area (Å²) in [6.07, 6.45) is -5.00. The van der Waals surface area contributed by atoms with E-state index < -0.39 is 24.0 Å². The molecule has 0 radical (unpaired) electrons. The van der Waals surface area contributed by atoms with Gasteiger partial charge in [0.15, 0.2) is 0 Å². The molecule has 8 heteroatoms. The van der Waals surface area contributed by atoms with E-state index in [1.54, 1.807) is 6.07 Å². The lowest BCUT2D eigenvalue weighted by Gasteiger charge is -2.19. The topological polar surface area (TPSA) is 78.4 Å². The van der Waals surface area contributed by atoms with E-state index in [1.165, 1.54) is 29.6 Å². The normalized spacial score (nSPS) is 12.7. The van der Waals surface area contributed by atoms with Crippen molar-refractivity contribution in [2.24, 2.45) is 0 Å². The minimum Gasteiger partial charge on any atom is -0.333 e. The number of benzene rings is 1. The lowest BCUT2D eigenvalue weighted by Crippen LogP contribution is -2.54. The van der Waals surface area contributed by atoms with Gasteiger partial charge in [-0.15, -0.1) is 0 Å². The average molecular weight is 262 g/mol. The van der Waals surface area contributed by atoms with Crippen molar-refractivity contribution in [2.45, 2.75) is 12.2 Å². The third-order valence-electron chi connectivity index (χ3n) is 2.01. The van der Waals surface area contributed by atoms with E-state index in [4.69, 9.17) is 5.21 Å². The minimum absolute atomic E-state index is 0.0301. The number of halogens is 3. The first-order chi connectivity index (χ1) is 8.36. The number of hydrogen-bond donors (Lipinski definition) is 3. The Morgan fingerprint density at radius 2 is 1.72 bits per heavy atom. The molecule has 0 aliphatic heterocycles. The summed E-state index contributed by atoms with van der Waals surface area (Å²) in [5, 5.41) is 9.69. The SMILES string of the molecule is O=C(NC(C(=O)NO)C(F)(F)F)c1ccccc1. The second kappa shape index (κ2) is 5.50. The van der Waals surface area contributed by atoms with Crippen LogP contribution in [0.4, 0.5) is 13.2 Å². The minimum atomic E-state index is -5.00. The quantitative estimate of drug-likeness (QED) is 0.558. The number of carbonyl (C=O) groups excluding carboxylic acids is 2. The summed E-state index contributed by atoms with van der Waals surface area (Å²) < 4.78 is 37.3. The maximum absolute atomic E-state index is 12.4. The number of alkyl halides is 3. The first-order valence-electron chi connectivity index (χ1n) is 4.73. The van der Waals surface area contributed by atoms with Gasteiger partial charge in [0.1, 0.15) is 0 Å². The zero-order chi connectivity index (χ0) is 13.8. The number of hydrogen-bond acceptors (Lipinski definition) is 3. The molecule has 1 aromatic rings. The van der Waals surface area contributed by atoms with E-state index in [1.807, 2.05) is 0 Å². The molecule has 1 rings (SSSR count). The van der Waals surface area contributed by atoms with E-state index in [9.17, 15) is 22.8 Å². The van der Waals surface area contributed by atoms with Crippen molar-refractivity contribution in [2.75, 3.05) is 0 Å². The number of nitrogens with one attached hydrogen (secondary N) is 2. The summed E-state index contributed by atoms with van der Waals surface area (Å²) >= 11 is 0. The van der Waals surface area contributed by atoms with Crippen LogP contribution in [0, 0.1) is 0 Å². The van der Waals surface area contributed by atoms with Crippen LogP contribution in [0.5, 0.6) is 0 Å². The van der Waals surface area contributed by atoms with Crippen LogP contribution in [-0.4, -0.2) is 29.2 Å². The molecule has 0 spiro atoms. The summed E-state index contributed by atoms with van der Waals surface area (Å²) in [6, 6.07) is 4.28. The average Bonchev–Trinajstić information content (AvgIpc) is 2.34. The van der Waals surface area contributed by atoms with E-state index >= 15 is 0 Å². The van der Waals surface area contributed by atoms with Gasteiger partial charge in [-0.1, -0.05) is 18.2 Å². The van der Waals surface area contributed by atoms with Crippen LogP contribution in [0.15, 0.2) is 30.3 Å². The molecule has 5 nitrogen and oxygen atoms in total. The van der Waals surface area contributed by atoms with Gasteiger partial charge in [0, 0.05) is 5.56 Å². The molecule has 0 aliphatic rings. The first-order valence-corrected chi connectivity index (χ1v) is 4.73. The maximum Gasteiger partial charge on any atom is 0.417 e. The standard InChI is InChI=1S/C10H9F3N2O3/c11-10(12,13)7(9(17)15-18)14-8(16)6-4-2-1-3-5-6/h1-5,7,18H,(H,14,16)(H,15,17). The first kappa shape index (κ1) is 14.0. The van der Waals surface area contributed by atoms with Crippen molar-refractivity contribution in [1.29, 1.82) is 0 Å². The van der Waals surface area contributed by atoms with Gasteiger partial charge in [-0.05, 0) is 12.1 Å². The molecule has 0 saturated carbocycles. The molecule has 0 bridgehead atoms. The van der Waals surface area contributed by atoms with Gasteiger partial charge in [0.05, 0.1) is 0 Å². The summed E-state index contributed by atoms with van der Waals surface area (Å²) in [7, 11) is 0. The van der Waals surface area contributed by atoms with Gasteiger partial charge in [-0.2, -0.15) is 13.2 Å². The Kier molecular flexibility index (Phi) is 4.27. The Morgan fingerprint density at radius 1 is 1.17 bits per heavy atom. The van der Waals surface area contributed by atoms with Crippen LogP contribution >= 0.6 is 0 Å². The molecule has 0 aromatic heterocycles. The molecule has 0 saturated heterocycles. The monoisotopic (exact) mass is 262 g/mol. The second-order valence-electron chi connectivity index (χ2n) is 3.29. The van der Waals surface area contributed by atoms with Crippen molar-refractivity contribution < 1.29 is 28.0 Å². The van der Waals surface area contributed by atoms with Crippen LogP contribution in [0.3, 0.4) is 0 Å². The molecule has 0 fully saturated rings. The third-order valence-corrected chi connectivity index (χ3v) is 2.01. The highest BCUT2D eigenvalue weighted by Crippen LogP contribution is 2.20. The third kappa shape index (κ3) is 3.45. The maximum atomic E-state index is 12.4. The van der Waals surface area contributed by atoms with E-state index in [-0.39, 0.29) is 5.56 Å². The van der Waals surface area contributed by atoms with Crippen LogP contribution < -0.4 is 10.8 Å². The molecule has 1 aromatic carbocycles. The molecule has 0 aliphatic carbocycles. The van der Waals surface area contributed by atoms with Crippen molar-refractivity contribution in [3.8, 4) is 0 Å². The highest BCUT2D eigenvalue weighted by Gasteiger charge is 2.46. The molecule has 0 heterocycles. The van der Waals surface area contributed by atoms with Crippen LogP contribution in [0.2, 0.25) is 0 Å². The van der Waals surface area contributed by atoms with Gasteiger partial charge in [0.25, 0.3) is 11.8 Å². The molecule has 3 N–H and O–H groups in total. The number of rotatable bonds is 3. The van der Waals surface area contributed by atoms with Gasteiger partial charge in [-0.3, -0.25) is 14.8 Å². The highest BCUT2D eigenvalue weighted by molar-refractivity contribution is 5.97. The summed E-state index contributed by atoms with van der Waals surface area (Å²) in [6.45, 7) is 0. The fourth-order valence-corrected chi connectivity index (χ4v) is 1.16. The number of hydroxylamine groups is 1. The summed E-state index contributed by atoms with van der Waals surface area (Å²) in [5.74, 6) is -2.83. The zero-order valence-corrected chi connectivity index (χ0v) is 8.86. The number of amides is 2. The molecular weight excluding hydrogens is 253 g/mol. The van der Waals surface area contributed by atoms with Crippen LogP contribution in [-0.2, 0) is 4.79 Å². The van der Waals surface area contributed by atoms with Crippen molar-refractivity contribution in [3.05, 3.63) is 35.9 Å². The van der Waals surface area contributed by atoms with Crippen molar-refractivity contribution in [1.82, 2.24) is 10.8 Å². The number of carbonyl (C=O) groups is 2. The van der Waals surface area contributed by atoms with Gasteiger partial charge >= 0.3 is 6.18 Å². The molecule has 1 atom stereocenters.